The second-order valence-corrected chi connectivity index (χ2v) is 7.44. The lowest BCUT2D eigenvalue weighted by Gasteiger charge is -2.26. The average Bonchev–Trinajstić information content (AvgIpc) is 2.92. The van der Waals surface area contributed by atoms with Gasteiger partial charge in [-0.3, -0.25) is 4.68 Å². The van der Waals surface area contributed by atoms with Crippen molar-refractivity contribution in [1.82, 2.24) is 19.7 Å². The van der Waals surface area contributed by atoms with Gasteiger partial charge in [0.25, 0.3) is 0 Å². The predicted octanol–water partition coefficient (Wildman–Crippen LogP) is 2.96. The Morgan fingerprint density at radius 3 is 2.72 bits per heavy atom. The van der Waals surface area contributed by atoms with Crippen LogP contribution in [0.5, 0.6) is 0 Å². The van der Waals surface area contributed by atoms with E-state index in [1.54, 1.807) is 23.9 Å². The van der Waals surface area contributed by atoms with E-state index in [0.717, 1.165) is 24.6 Å². The molecule has 6 nitrogen and oxygen atoms in total. The van der Waals surface area contributed by atoms with E-state index in [-0.39, 0.29) is 5.02 Å². The van der Waals surface area contributed by atoms with Gasteiger partial charge in [-0.1, -0.05) is 11.6 Å². The van der Waals surface area contributed by atoms with Crippen LogP contribution in [0, 0.1) is 5.82 Å². The minimum Gasteiger partial charge on any atom is -0.383 e. The van der Waals surface area contributed by atoms with Crippen LogP contribution in [0.3, 0.4) is 0 Å². The monoisotopic (exact) mass is 378 g/mol. The second-order valence-electron chi connectivity index (χ2n) is 5.81. The van der Waals surface area contributed by atoms with Gasteiger partial charge in [-0.25, -0.2) is 9.37 Å². The molecule has 2 aromatic heterocycles. The molecule has 3 heterocycles. The maximum atomic E-state index is 13.6. The Bertz CT molecular complexity index is 953. The van der Waals surface area contributed by atoms with Crippen molar-refractivity contribution in [2.45, 2.75) is 0 Å². The summed E-state index contributed by atoms with van der Waals surface area (Å²) in [5.41, 5.74) is 8.00. The standard InChI is InChI=1S/C16H16ClFN6S/c1-23-14(19)12-13(9-2-3-11(18)10(17)8-9)20-16(21-15(12)22-23)24-4-6-25-7-5-24/h2-3,8H,4-7,19H2,1H3. The first-order chi connectivity index (χ1) is 12.0. The summed E-state index contributed by atoms with van der Waals surface area (Å²) in [6.07, 6.45) is 0. The fraction of sp³-hybridized carbons (Fsp3) is 0.312. The number of benzene rings is 1. The zero-order chi connectivity index (χ0) is 17.6. The van der Waals surface area contributed by atoms with Gasteiger partial charge >= 0.3 is 0 Å². The van der Waals surface area contributed by atoms with Crippen molar-refractivity contribution in [2.75, 3.05) is 35.2 Å². The second kappa shape index (κ2) is 6.34. The van der Waals surface area contributed by atoms with E-state index in [0.29, 0.717) is 34.1 Å². The molecule has 1 fully saturated rings. The van der Waals surface area contributed by atoms with Crippen LogP contribution >= 0.6 is 23.4 Å². The zero-order valence-corrected chi connectivity index (χ0v) is 15.1. The molecule has 130 valence electrons. The predicted molar refractivity (Wildman–Crippen MR) is 101 cm³/mol. The molecule has 1 saturated heterocycles. The number of nitrogens with zero attached hydrogens (tertiary/aromatic N) is 5. The Hall–Kier alpha value is -2.06. The van der Waals surface area contributed by atoms with Gasteiger partial charge in [0.1, 0.15) is 11.6 Å². The molecule has 0 unspecified atom stereocenters. The third-order valence-corrected chi connectivity index (χ3v) is 5.45. The Balaban J connectivity index is 1.94. The summed E-state index contributed by atoms with van der Waals surface area (Å²) in [5.74, 6) is 2.67. The third-order valence-electron chi connectivity index (χ3n) is 4.21. The Kier molecular flexibility index (Phi) is 4.16. The molecule has 3 aromatic rings. The van der Waals surface area contributed by atoms with Crippen molar-refractivity contribution in [3.05, 3.63) is 29.0 Å². The maximum Gasteiger partial charge on any atom is 0.228 e. The fourth-order valence-electron chi connectivity index (χ4n) is 2.86. The van der Waals surface area contributed by atoms with Crippen LogP contribution < -0.4 is 10.6 Å². The molecule has 0 aliphatic carbocycles. The Morgan fingerprint density at radius 2 is 2.00 bits per heavy atom. The number of rotatable bonds is 2. The number of thioether (sulfide) groups is 1. The van der Waals surface area contributed by atoms with Crippen LogP contribution in [0.15, 0.2) is 18.2 Å². The molecule has 2 N–H and O–H groups in total. The highest BCUT2D eigenvalue weighted by Gasteiger charge is 2.21. The minimum atomic E-state index is -0.469. The van der Waals surface area contributed by atoms with Crippen LogP contribution in [-0.4, -0.2) is 44.3 Å². The van der Waals surface area contributed by atoms with Crippen molar-refractivity contribution < 1.29 is 4.39 Å². The summed E-state index contributed by atoms with van der Waals surface area (Å²) < 4.78 is 15.1. The average molecular weight is 379 g/mol. The van der Waals surface area contributed by atoms with Crippen molar-refractivity contribution in [1.29, 1.82) is 0 Å². The number of hydrogen-bond donors (Lipinski definition) is 1. The summed E-state index contributed by atoms with van der Waals surface area (Å²) in [5, 5.41) is 5.09. The van der Waals surface area contributed by atoms with Gasteiger partial charge in [0.05, 0.1) is 16.1 Å². The van der Waals surface area contributed by atoms with Crippen molar-refractivity contribution in [3.63, 3.8) is 0 Å². The molecule has 0 atom stereocenters. The number of nitrogen functional groups attached to an aromatic ring is 1. The van der Waals surface area contributed by atoms with Crippen LogP contribution in [-0.2, 0) is 7.05 Å². The molecule has 1 aliphatic rings. The molecular weight excluding hydrogens is 363 g/mol. The smallest absolute Gasteiger partial charge is 0.228 e. The molecule has 0 bridgehead atoms. The van der Waals surface area contributed by atoms with Crippen LogP contribution in [0.1, 0.15) is 0 Å². The van der Waals surface area contributed by atoms with Gasteiger partial charge in [0.2, 0.25) is 5.95 Å². The van der Waals surface area contributed by atoms with Gasteiger partial charge in [-0.2, -0.15) is 21.8 Å². The SMILES string of the molecule is Cn1nc2nc(N3CCSCC3)nc(-c3ccc(F)c(Cl)c3)c2c1N. The minimum absolute atomic E-state index is 0.0441. The number of anilines is 2. The summed E-state index contributed by atoms with van der Waals surface area (Å²) in [4.78, 5) is 11.5. The molecule has 4 rings (SSSR count). The number of fused-ring (bicyclic) bond motifs is 1. The lowest BCUT2D eigenvalue weighted by molar-refractivity contribution is 0.628. The molecule has 0 amide bonds. The van der Waals surface area contributed by atoms with Crippen LogP contribution in [0.2, 0.25) is 5.02 Å². The molecule has 1 aromatic carbocycles. The van der Waals surface area contributed by atoms with Crippen molar-refractivity contribution in [3.8, 4) is 11.3 Å². The number of aromatic nitrogens is 4. The van der Waals surface area contributed by atoms with E-state index in [2.05, 4.69) is 15.0 Å². The van der Waals surface area contributed by atoms with E-state index in [4.69, 9.17) is 22.3 Å². The van der Waals surface area contributed by atoms with E-state index >= 15 is 0 Å². The van der Waals surface area contributed by atoms with Crippen LogP contribution in [0.4, 0.5) is 16.2 Å². The fourth-order valence-corrected chi connectivity index (χ4v) is 3.94. The number of hydrogen-bond acceptors (Lipinski definition) is 6. The lowest BCUT2D eigenvalue weighted by Crippen LogP contribution is -2.33. The van der Waals surface area contributed by atoms with Crippen molar-refractivity contribution >= 4 is 46.2 Å². The summed E-state index contributed by atoms with van der Waals surface area (Å²) in [6, 6.07) is 4.53. The van der Waals surface area contributed by atoms with E-state index in [1.165, 1.54) is 6.07 Å². The Morgan fingerprint density at radius 1 is 1.24 bits per heavy atom. The van der Waals surface area contributed by atoms with Crippen LogP contribution in [0.25, 0.3) is 22.3 Å². The van der Waals surface area contributed by atoms with Gasteiger partial charge in [0.15, 0.2) is 5.65 Å². The maximum absolute atomic E-state index is 13.6. The Labute approximate surface area is 153 Å². The first-order valence-corrected chi connectivity index (χ1v) is 9.36. The van der Waals surface area contributed by atoms with Gasteiger partial charge in [-0.15, -0.1) is 0 Å². The molecule has 25 heavy (non-hydrogen) atoms. The van der Waals surface area contributed by atoms with Gasteiger partial charge in [0, 0.05) is 37.2 Å². The van der Waals surface area contributed by atoms with E-state index in [9.17, 15) is 4.39 Å². The number of aryl methyl sites for hydroxylation is 1. The zero-order valence-electron chi connectivity index (χ0n) is 13.5. The van der Waals surface area contributed by atoms with Gasteiger partial charge in [-0.05, 0) is 18.2 Å². The molecule has 0 saturated carbocycles. The third kappa shape index (κ3) is 2.89. The summed E-state index contributed by atoms with van der Waals surface area (Å²) >= 11 is 7.88. The van der Waals surface area contributed by atoms with E-state index < -0.39 is 5.82 Å². The van der Waals surface area contributed by atoms with Crippen molar-refractivity contribution in [2.24, 2.45) is 7.05 Å². The largest absolute Gasteiger partial charge is 0.383 e. The molecular formula is C16H16ClFN6S. The van der Waals surface area contributed by atoms with Gasteiger partial charge < -0.3 is 10.6 Å². The van der Waals surface area contributed by atoms with E-state index in [1.807, 2.05) is 11.8 Å². The lowest BCUT2D eigenvalue weighted by atomic mass is 10.1. The highest BCUT2D eigenvalue weighted by Crippen LogP contribution is 2.33. The molecule has 9 heteroatoms. The summed E-state index contributed by atoms with van der Waals surface area (Å²) in [7, 11) is 1.76. The summed E-state index contributed by atoms with van der Waals surface area (Å²) in [6.45, 7) is 1.75. The highest BCUT2D eigenvalue weighted by atomic mass is 35.5. The first kappa shape index (κ1) is 16.4. The number of halogens is 2. The quantitative estimate of drug-likeness (QED) is 0.739. The normalized spacial score (nSPS) is 15.1. The molecule has 0 radical (unpaired) electrons. The molecule has 1 aliphatic heterocycles. The highest BCUT2D eigenvalue weighted by molar-refractivity contribution is 7.99. The first-order valence-electron chi connectivity index (χ1n) is 7.83. The molecule has 0 spiro atoms. The topological polar surface area (TPSA) is 72.9 Å². The number of nitrogens with two attached hydrogens (primary N) is 1.